The topological polar surface area (TPSA) is 55.1 Å². The van der Waals surface area contributed by atoms with E-state index in [4.69, 9.17) is 5.73 Å². The molecule has 0 saturated heterocycles. The summed E-state index contributed by atoms with van der Waals surface area (Å²) in [6, 6.07) is 5.34. The van der Waals surface area contributed by atoms with Gasteiger partial charge in [0.05, 0.1) is 11.0 Å². The van der Waals surface area contributed by atoms with Gasteiger partial charge < -0.3 is 11.1 Å². The van der Waals surface area contributed by atoms with Crippen molar-refractivity contribution in [3.05, 3.63) is 35.4 Å². The largest absolute Gasteiger partial charge is 0.416 e. The molecular weight excluding hydrogens is 377 g/mol. The van der Waals surface area contributed by atoms with Gasteiger partial charge in [-0.15, -0.1) is 12.4 Å². The molecule has 7 heteroatoms. The molecular formula is C20H28ClF3N2O. The molecule has 1 aromatic carbocycles. The van der Waals surface area contributed by atoms with Gasteiger partial charge in [0.1, 0.15) is 0 Å². The molecule has 2 bridgehead atoms. The SMILES string of the molecule is CC(C)(C(=O)NC1C2CCCC1CC(N)C2)c1cccc(C(F)(F)F)c1.Cl. The maximum absolute atomic E-state index is 13.0. The third-order valence-electron chi connectivity index (χ3n) is 6.15. The van der Waals surface area contributed by atoms with Gasteiger partial charge >= 0.3 is 6.18 Å². The van der Waals surface area contributed by atoms with Gasteiger partial charge in [0.15, 0.2) is 0 Å². The van der Waals surface area contributed by atoms with Gasteiger partial charge in [-0.2, -0.15) is 13.2 Å². The number of nitrogens with one attached hydrogen (secondary N) is 1. The summed E-state index contributed by atoms with van der Waals surface area (Å²) in [5.41, 5.74) is 4.75. The van der Waals surface area contributed by atoms with Crippen LogP contribution in [-0.4, -0.2) is 18.0 Å². The fourth-order valence-electron chi connectivity index (χ4n) is 4.57. The number of hydrogen-bond donors (Lipinski definition) is 2. The Balaban J connectivity index is 0.00000261. The van der Waals surface area contributed by atoms with Crippen molar-refractivity contribution in [1.82, 2.24) is 5.32 Å². The van der Waals surface area contributed by atoms with Gasteiger partial charge in [0.2, 0.25) is 5.91 Å². The minimum Gasteiger partial charge on any atom is -0.352 e. The third-order valence-corrected chi connectivity index (χ3v) is 6.15. The molecule has 3 N–H and O–H groups in total. The number of benzene rings is 1. The van der Waals surface area contributed by atoms with E-state index in [2.05, 4.69) is 5.32 Å². The van der Waals surface area contributed by atoms with Gasteiger partial charge in [0.25, 0.3) is 0 Å². The summed E-state index contributed by atoms with van der Waals surface area (Å²) in [6.45, 7) is 3.37. The Hall–Kier alpha value is -1.27. The summed E-state index contributed by atoms with van der Waals surface area (Å²) in [5, 5.41) is 3.16. The highest BCUT2D eigenvalue weighted by Gasteiger charge is 2.42. The average Bonchev–Trinajstić information content (AvgIpc) is 2.55. The number of halogens is 4. The fourth-order valence-corrected chi connectivity index (χ4v) is 4.57. The van der Waals surface area contributed by atoms with Gasteiger partial charge in [-0.25, -0.2) is 0 Å². The van der Waals surface area contributed by atoms with Crippen LogP contribution in [-0.2, 0) is 16.4 Å². The smallest absolute Gasteiger partial charge is 0.352 e. The molecule has 3 rings (SSSR count). The second-order valence-corrected chi connectivity index (χ2v) is 8.39. The standard InChI is InChI=1S/C20H27F3N2O.ClH/c1-19(2,14-7-4-8-15(11-14)20(21,22)23)18(26)25-17-12-5-3-6-13(17)10-16(24)9-12;/h4,7-8,11-13,16-17H,3,5-6,9-10,24H2,1-2H3,(H,25,26);1H. The van der Waals surface area contributed by atoms with Crippen LogP contribution in [0.2, 0.25) is 0 Å². The first kappa shape index (κ1) is 22.0. The molecule has 2 saturated carbocycles. The Morgan fingerprint density at radius 1 is 1.11 bits per heavy atom. The molecule has 0 aliphatic heterocycles. The van der Waals surface area contributed by atoms with E-state index in [1.165, 1.54) is 6.07 Å². The summed E-state index contributed by atoms with van der Waals surface area (Å²) in [7, 11) is 0. The summed E-state index contributed by atoms with van der Waals surface area (Å²) in [6.07, 6.45) is 0.666. The molecule has 2 atom stereocenters. The maximum atomic E-state index is 13.0. The van der Waals surface area contributed by atoms with E-state index in [1.807, 2.05) is 0 Å². The van der Waals surface area contributed by atoms with Crippen molar-refractivity contribution in [3.8, 4) is 0 Å². The minimum absolute atomic E-state index is 0. The van der Waals surface area contributed by atoms with Gasteiger partial charge in [0, 0.05) is 12.1 Å². The average molecular weight is 405 g/mol. The second-order valence-electron chi connectivity index (χ2n) is 8.39. The molecule has 0 spiro atoms. The number of hydrogen-bond acceptors (Lipinski definition) is 2. The molecule has 0 aromatic heterocycles. The molecule has 0 heterocycles. The molecule has 3 nitrogen and oxygen atoms in total. The summed E-state index contributed by atoms with van der Waals surface area (Å²) in [4.78, 5) is 13.0. The summed E-state index contributed by atoms with van der Waals surface area (Å²) < 4.78 is 39.0. The van der Waals surface area contributed by atoms with Crippen molar-refractivity contribution in [3.63, 3.8) is 0 Å². The summed E-state index contributed by atoms with van der Waals surface area (Å²) in [5.74, 6) is 0.534. The van der Waals surface area contributed by atoms with Gasteiger partial charge in [-0.05, 0) is 63.0 Å². The van der Waals surface area contributed by atoms with Crippen LogP contribution >= 0.6 is 12.4 Å². The highest BCUT2D eigenvalue weighted by molar-refractivity contribution is 5.87. The van der Waals surface area contributed by atoms with Crippen molar-refractivity contribution in [1.29, 1.82) is 0 Å². The molecule has 27 heavy (non-hydrogen) atoms. The Kier molecular flexibility index (Phi) is 6.52. The van der Waals surface area contributed by atoms with Gasteiger partial charge in [-0.1, -0.05) is 24.6 Å². The van der Waals surface area contributed by atoms with Crippen molar-refractivity contribution in [2.24, 2.45) is 17.6 Å². The predicted octanol–water partition coefficient (Wildman–Crippen LogP) is 4.43. The Labute approximate surface area is 164 Å². The quantitative estimate of drug-likeness (QED) is 0.783. The zero-order valence-corrected chi connectivity index (χ0v) is 16.5. The molecule has 0 radical (unpaired) electrons. The van der Waals surface area contributed by atoms with Crippen LogP contribution in [0.4, 0.5) is 13.2 Å². The first-order valence-electron chi connectivity index (χ1n) is 9.33. The van der Waals surface area contributed by atoms with Crippen LogP contribution in [0.3, 0.4) is 0 Å². The monoisotopic (exact) mass is 404 g/mol. The number of rotatable bonds is 3. The van der Waals surface area contributed by atoms with E-state index in [0.29, 0.717) is 17.4 Å². The Morgan fingerprint density at radius 3 is 2.22 bits per heavy atom. The Morgan fingerprint density at radius 2 is 1.67 bits per heavy atom. The zero-order valence-electron chi connectivity index (χ0n) is 15.7. The van der Waals surface area contributed by atoms with E-state index in [-0.39, 0.29) is 30.4 Å². The number of fused-ring (bicyclic) bond motifs is 2. The highest BCUT2D eigenvalue weighted by atomic mass is 35.5. The normalized spacial score (nSPS) is 28.2. The lowest BCUT2D eigenvalue weighted by atomic mass is 9.66. The molecule has 2 fully saturated rings. The lowest BCUT2D eigenvalue weighted by Crippen LogP contribution is -2.56. The fraction of sp³-hybridized carbons (Fsp3) is 0.650. The van der Waals surface area contributed by atoms with Crippen molar-refractivity contribution < 1.29 is 18.0 Å². The van der Waals surface area contributed by atoms with Crippen LogP contribution in [0.25, 0.3) is 0 Å². The van der Waals surface area contributed by atoms with E-state index in [0.717, 1.165) is 44.2 Å². The van der Waals surface area contributed by atoms with Crippen molar-refractivity contribution in [2.45, 2.75) is 69.6 Å². The number of amides is 1. The molecule has 1 aromatic rings. The predicted molar refractivity (Wildman–Crippen MR) is 102 cm³/mol. The van der Waals surface area contributed by atoms with Crippen LogP contribution in [0.1, 0.15) is 57.1 Å². The molecule has 1 amide bonds. The van der Waals surface area contributed by atoms with E-state index in [1.54, 1.807) is 19.9 Å². The van der Waals surface area contributed by atoms with Crippen LogP contribution < -0.4 is 11.1 Å². The van der Waals surface area contributed by atoms with Crippen molar-refractivity contribution in [2.75, 3.05) is 0 Å². The first-order chi connectivity index (χ1) is 12.1. The molecule has 2 unspecified atom stereocenters. The molecule has 2 aliphatic rings. The van der Waals surface area contributed by atoms with E-state index in [9.17, 15) is 18.0 Å². The summed E-state index contributed by atoms with van der Waals surface area (Å²) >= 11 is 0. The molecule has 2 aliphatic carbocycles. The van der Waals surface area contributed by atoms with E-state index < -0.39 is 17.2 Å². The third kappa shape index (κ3) is 4.60. The minimum atomic E-state index is -4.42. The van der Waals surface area contributed by atoms with Gasteiger partial charge in [-0.3, -0.25) is 4.79 Å². The van der Waals surface area contributed by atoms with Crippen LogP contribution in [0.15, 0.2) is 24.3 Å². The molecule has 152 valence electrons. The van der Waals surface area contributed by atoms with Crippen LogP contribution in [0.5, 0.6) is 0 Å². The number of carbonyl (C=O) groups is 1. The van der Waals surface area contributed by atoms with Crippen molar-refractivity contribution >= 4 is 18.3 Å². The lowest BCUT2D eigenvalue weighted by molar-refractivity contribution is -0.138. The number of alkyl halides is 3. The number of carbonyl (C=O) groups excluding carboxylic acids is 1. The highest BCUT2D eigenvalue weighted by Crippen LogP contribution is 2.40. The number of nitrogens with two attached hydrogens (primary N) is 1. The Bertz CT molecular complexity index is 663. The lowest BCUT2D eigenvalue weighted by Gasteiger charge is -2.46. The second kappa shape index (κ2) is 8.00. The first-order valence-corrected chi connectivity index (χ1v) is 9.33. The maximum Gasteiger partial charge on any atom is 0.416 e. The van der Waals surface area contributed by atoms with Crippen LogP contribution in [0, 0.1) is 11.8 Å². The van der Waals surface area contributed by atoms with E-state index >= 15 is 0 Å². The zero-order chi connectivity index (χ0) is 19.1.